The fourth-order valence-corrected chi connectivity index (χ4v) is 2.39. The van der Waals surface area contributed by atoms with E-state index in [1.807, 2.05) is 32.0 Å². The summed E-state index contributed by atoms with van der Waals surface area (Å²) in [7, 11) is 0. The summed E-state index contributed by atoms with van der Waals surface area (Å²) in [6.45, 7) is 5.68. The summed E-state index contributed by atoms with van der Waals surface area (Å²) in [5.74, 6) is 0.101. The van der Waals surface area contributed by atoms with Gasteiger partial charge in [0.2, 0.25) is 5.91 Å². The molecule has 1 heterocycles. The normalized spacial score (nSPS) is 23.7. The number of hydrogen-bond donors (Lipinski definition) is 2. The zero-order valence-electron chi connectivity index (χ0n) is 10.1. The van der Waals surface area contributed by atoms with Gasteiger partial charge >= 0.3 is 0 Å². The van der Waals surface area contributed by atoms with Crippen LogP contribution in [0.1, 0.15) is 18.9 Å². The molecule has 3 nitrogen and oxygen atoms in total. The highest BCUT2D eigenvalue weighted by molar-refractivity contribution is 9.10. The molecule has 1 fully saturated rings. The molecule has 0 saturated carbocycles. The third kappa shape index (κ3) is 2.53. The SMILES string of the molecule is Cc1c(Br)cccc1NC(=O)C1(C)CCNC1. The van der Waals surface area contributed by atoms with Crippen LogP contribution in [0.4, 0.5) is 5.69 Å². The Bertz CT molecular complexity index is 439. The van der Waals surface area contributed by atoms with E-state index in [9.17, 15) is 4.79 Å². The van der Waals surface area contributed by atoms with E-state index in [1.165, 1.54) is 0 Å². The Morgan fingerprint density at radius 3 is 2.94 bits per heavy atom. The van der Waals surface area contributed by atoms with Crippen molar-refractivity contribution in [2.75, 3.05) is 18.4 Å². The van der Waals surface area contributed by atoms with Gasteiger partial charge in [0, 0.05) is 16.7 Å². The molecule has 92 valence electrons. The van der Waals surface area contributed by atoms with Crippen molar-refractivity contribution in [3.05, 3.63) is 28.2 Å². The van der Waals surface area contributed by atoms with Crippen molar-refractivity contribution in [2.24, 2.45) is 5.41 Å². The van der Waals surface area contributed by atoms with Gasteiger partial charge in [0.15, 0.2) is 0 Å². The van der Waals surface area contributed by atoms with E-state index in [0.717, 1.165) is 35.2 Å². The minimum atomic E-state index is -0.283. The van der Waals surface area contributed by atoms with Crippen molar-refractivity contribution in [1.82, 2.24) is 5.32 Å². The maximum atomic E-state index is 12.2. The Kier molecular flexibility index (Phi) is 3.54. The summed E-state index contributed by atoms with van der Waals surface area (Å²) in [5, 5.41) is 6.26. The molecule has 1 amide bonds. The summed E-state index contributed by atoms with van der Waals surface area (Å²) >= 11 is 3.47. The number of nitrogens with one attached hydrogen (secondary N) is 2. The van der Waals surface area contributed by atoms with Crippen LogP contribution in [0.15, 0.2) is 22.7 Å². The van der Waals surface area contributed by atoms with Gasteiger partial charge in [-0.15, -0.1) is 0 Å². The van der Waals surface area contributed by atoms with Crippen LogP contribution in [0.25, 0.3) is 0 Å². The molecule has 4 heteroatoms. The molecule has 1 aliphatic heterocycles. The first kappa shape index (κ1) is 12.6. The Hall–Kier alpha value is -0.870. The molecular formula is C13H17BrN2O. The van der Waals surface area contributed by atoms with Gasteiger partial charge in [0.1, 0.15) is 0 Å². The number of anilines is 1. The van der Waals surface area contributed by atoms with Crippen molar-refractivity contribution >= 4 is 27.5 Å². The molecule has 1 atom stereocenters. The number of halogens is 1. The van der Waals surface area contributed by atoms with Gasteiger partial charge in [-0.1, -0.05) is 22.0 Å². The van der Waals surface area contributed by atoms with Crippen LogP contribution in [0.2, 0.25) is 0 Å². The summed E-state index contributed by atoms with van der Waals surface area (Å²) in [4.78, 5) is 12.2. The molecule has 0 radical (unpaired) electrons. The van der Waals surface area contributed by atoms with E-state index >= 15 is 0 Å². The van der Waals surface area contributed by atoms with Crippen molar-refractivity contribution in [2.45, 2.75) is 20.3 Å². The molecule has 1 aromatic rings. The minimum Gasteiger partial charge on any atom is -0.325 e. The predicted octanol–water partition coefficient (Wildman–Crippen LogP) is 2.70. The summed E-state index contributed by atoms with van der Waals surface area (Å²) < 4.78 is 1.02. The van der Waals surface area contributed by atoms with Crippen molar-refractivity contribution in [3.63, 3.8) is 0 Å². The van der Waals surface area contributed by atoms with E-state index in [-0.39, 0.29) is 11.3 Å². The minimum absolute atomic E-state index is 0.101. The van der Waals surface area contributed by atoms with Crippen molar-refractivity contribution in [3.8, 4) is 0 Å². The fraction of sp³-hybridized carbons (Fsp3) is 0.462. The highest BCUT2D eigenvalue weighted by Gasteiger charge is 2.36. The van der Waals surface area contributed by atoms with E-state index in [4.69, 9.17) is 0 Å². The van der Waals surface area contributed by atoms with E-state index in [0.29, 0.717) is 0 Å². The number of benzene rings is 1. The standard InChI is InChI=1S/C13H17BrN2O/c1-9-10(14)4-3-5-11(9)16-12(17)13(2)6-7-15-8-13/h3-5,15H,6-8H2,1-2H3,(H,16,17). The van der Waals surface area contributed by atoms with Crippen molar-refractivity contribution < 1.29 is 4.79 Å². The lowest BCUT2D eigenvalue weighted by Gasteiger charge is -2.22. The molecule has 17 heavy (non-hydrogen) atoms. The summed E-state index contributed by atoms with van der Waals surface area (Å²) in [6.07, 6.45) is 0.895. The average Bonchev–Trinajstić information content (AvgIpc) is 2.73. The van der Waals surface area contributed by atoms with Gasteiger partial charge in [-0.25, -0.2) is 0 Å². The second-order valence-electron chi connectivity index (χ2n) is 4.85. The highest BCUT2D eigenvalue weighted by atomic mass is 79.9. The molecule has 2 N–H and O–H groups in total. The maximum absolute atomic E-state index is 12.2. The number of carbonyl (C=O) groups excluding carboxylic acids is 1. The molecule has 1 aromatic carbocycles. The second kappa shape index (κ2) is 4.78. The summed E-state index contributed by atoms with van der Waals surface area (Å²) in [6, 6.07) is 5.84. The predicted molar refractivity (Wildman–Crippen MR) is 73.1 cm³/mol. The van der Waals surface area contributed by atoms with Crippen molar-refractivity contribution in [1.29, 1.82) is 0 Å². The Balaban J connectivity index is 2.16. The van der Waals surface area contributed by atoms with E-state index in [1.54, 1.807) is 0 Å². The quantitative estimate of drug-likeness (QED) is 0.881. The molecule has 1 saturated heterocycles. The zero-order valence-corrected chi connectivity index (χ0v) is 11.7. The largest absolute Gasteiger partial charge is 0.325 e. The van der Waals surface area contributed by atoms with Crippen LogP contribution >= 0.6 is 15.9 Å². The maximum Gasteiger partial charge on any atom is 0.231 e. The molecule has 0 spiro atoms. The molecule has 1 unspecified atom stereocenters. The van der Waals surface area contributed by atoms with Gasteiger partial charge in [0.05, 0.1) is 5.41 Å². The number of hydrogen-bond acceptors (Lipinski definition) is 2. The Morgan fingerprint density at radius 2 is 2.29 bits per heavy atom. The third-order valence-corrected chi connectivity index (χ3v) is 4.29. The first-order valence-corrected chi connectivity index (χ1v) is 6.59. The Labute approximate surface area is 110 Å². The number of carbonyl (C=O) groups is 1. The van der Waals surface area contributed by atoms with Crippen LogP contribution in [-0.4, -0.2) is 19.0 Å². The highest BCUT2D eigenvalue weighted by Crippen LogP contribution is 2.29. The van der Waals surface area contributed by atoms with Gasteiger partial charge in [0.25, 0.3) is 0 Å². The zero-order chi connectivity index (χ0) is 12.5. The number of amides is 1. The monoisotopic (exact) mass is 296 g/mol. The summed E-state index contributed by atoms with van der Waals surface area (Å²) in [5.41, 5.74) is 1.67. The second-order valence-corrected chi connectivity index (χ2v) is 5.71. The topological polar surface area (TPSA) is 41.1 Å². The fourth-order valence-electron chi connectivity index (χ4n) is 2.03. The lowest BCUT2D eigenvalue weighted by Crippen LogP contribution is -2.35. The third-order valence-electron chi connectivity index (χ3n) is 3.43. The molecular weight excluding hydrogens is 280 g/mol. The number of rotatable bonds is 2. The smallest absolute Gasteiger partial charge is 0.231 e. The first-order chi connectivity index (χ1) is 8.03. The van der Waals surface area contributed by atoms with Crippen LogP contribution in [-0.2, 0) is 4.79 Å². The molecule has 0 aromatic heterocycles. The van der Waals surface area contributed by atoms with Crippen LogP contribution in [0.5, 0.6) is 0 Å². The Morgan fingerprint density at radius 1 is 1.53 bits per heavy atom. The molecule has 2 rings (SSSR count). The van der Waals surface area contributed by atoms with Crippen LogP contribution in [0, 0.1) is 12.3 Å². The van der Waals surface area contributed by atoms with Crippen LogP contribution in [0.3, 0.4) is 0 Å². The van der Waals surface area contributed by atoms with Gasteiger partial charge in [-0.3, -0.25) is 4.79 Å². The average molecular weight is 297 g/mol. The molecule has 0 aliphatic carbocycles. The molecule has 1 aliphatic rings. The van der Waals surface area contributed by atoms with E-state index < -0.39 is 0 Å². The first-order valence-electron chi connectivity index (χ1n) is 5.80. The van der Waals surface area contributed by atoms with Crippen LogP contribution < -0.4 is 10.6 Å². The molecule has 0 bridgehead atoms. The van der Waals surface area contributed by atoms with Gasteiger partial charge in [-0.2, -0.15) is 0 Å². The lowest BCUT2D eigenvalue weighted by atomic mass is 9.88. The van der Waals surface area contributed by atoms with Gasteiger partial charge in [-0.05, 0) is 44.5 Å². The van der Waals surface area contributed by atoms with Gasteiger partial charge < -0.3 is 10.6 Å². The lowest BCUT2D eigenvalue weighted by molar-refractivity contribution is -0.123. The van der Waals surface area contributed by atoms with E-state index in [2.05, 4.69) is 26.6 Å².